The van der Waals surface area contributed by atoms with Crippen LogP contribution < -0.4 is 15.8 Å². The molecule has 24 heavy (non-hydrogen) atoms. The maximum Gasteiger partial charge on any atom is 0.119 e. The summed E-state index contributed by atoms with van der Waals surface area (Å²) < 4.78 is 5.50. The van der Waals surface area contributed by atoms with Gasteiger partial charge < -0.3 is 20.9 Å². The van der Waals surface area contributed by atoms with Crippen LogP contribution in [-0.4, -0.2) is 30.4 Å². The molecule has 2 rings (SSSR count). The molecule has 0 radical (unpaired) electrons. The first-order chi connectivity index (χ1) is 11.1. The van der Waals surface area contributed by atoms with Gasteiger partial charge in [0.25, 0.3) is 0 Å². The molecule has 0 saturated carbocycles. The SMILES string of the molecule is Cl.NC(CCNc1c(Cl)cccc1Cl)C(O)COc1ccccc1. The van der Waals surface area contributed by atoms with Crippen LogP contribution >= 0.6 is 35.6 Å². The topological polar surface area (TPSA) is 67.5 Å². The highest BCUT2D eigenvalue weighted by atomic mass is 35.5. The lowest BCUT2D eigenvalue weighted by molar-refractivity contribution is 0.0836. The summed E-state index contributed by atoms with van der Waals surface area (Å²) in [7, 11) is 0. The molecule has 0 bridgehead atoms. The number of benzene rings is 2. The van der Waals surface area contributed by atoms with Crippen molar-refractivity contribution >= 4 is 41.3 Å². The minimum atomic E-state index is -0.751. The van der Waals surface area contributed by atoms with Crippen LogP contribution in [0.3, 0.4) is 0 Å². The largest absolute Gasteiger partial charge is 0.491 e. The Morgan fingerprint density at radius 2 is 1.67 bits per heavy atom. The number of hydrogen-bond donors (Lipinski definition) is 3. The summed E-state index contributed by atoms with van der Waals surface area (Å²) in [5.41, 5.74) is 6.66. The van der Waals surface area contributed by atoms with E-state index in [1.54, 1.807) is 18.2 Å². The van der Waals surface area contributed by atoms with Gasteiger partial charge in [-0.15, -0.1) is 12.4 Å². The number of rotatable bonds is 8. The number of nitrogens with two attached hydrogens (primary N) is 1. The molecule has 0 aliphatic rings. The van der Waals surface area contributed by atoms with E-state index in [4.69, 9.17) is 33.7 Å². The van der Waals surface area contributed by atoms with Gasteiger partial charge in [0, 0.05) is 12.6 Å². The molecular weight excluding hydrogens is 371 g/mol. The Hall–Kier alpha value is -1.17. The van der Waals surface area contributed by atoms with Crippen LogP contribution in [0, 0.1) is 0 Å². The molecule has 132 valence electrons. The van der Waals surface area contributed by atoms with Crippen molar-refractivity contribution in [3.05, 3.63) is 58.6 Å². The van der Waals surface area contributed by atoms with E-state index in [9.17, 15) is 5.11 Å². The van der Waals surface area contributed by atoms with Gasteiger partial charge in [0.15, 0.2) is 0 Å². The quantitative estimate of drug-likeness (QED) is 0.636. The lowest BCUT2D eigenvalue weighted by Gasteiger charge is -2.20. The highest BCUT2D eigenvalue weighted by molar-refractivity contribution is 6.39. The molecular formula is C17H21Cl3N2O2. The van der Waals surface area contributed by atoms with E-state index in [-0.39, 0.29) is 19.0 Å². The molecule has 4 nitrogen and oxygen atoms in total. The summed E-state index contributed by atoms with van der Waals surface area (Å²) in [6.45, 7) is 0.699. The molecule has 0 aliphatic carbocycles. The van der Waals surface area contributed by atoms with E-state index in [2.05, 4.69) is 5.32 Å². The monoisotopic (exact) mass is 390 g/mol. The van der Waals surface area contributed by atoms with E-state index in [0.29, 0.717) is 34.4 Å². The first kappa shape index (κ1) is 20.9. The van der Waals surface area contributed by atoms with Gasteiger partial charge in [-0.3, -0.25) is 0 Å². The zero-order valence-corrected chi connectivity index (χ0v) is 15.3. The van der Waals surface area contributed by atoms with Crippen LogP contribution in [0.15, 0.2) is 48.5 Å². The first-order valence-electron chi connectivity index (χ1n) is 7.37. The van der Waals surface area contributed by atoms with Gasteiger partial charge in [-0.1, -0.05) is 47.5 Å². The van der Waals surface area contributed by atoms with Crippen LogP contribution in [-0.2, 0) is 0 Å². The molecule has 0 spiro atoms. The van der Waals surface area contributed by atoms with Gasteiger partial charge in [0.05, 0.1) is 15.7 Å². The molecule has 0 amide bonds. The standard InChI is InChI=1S/C17H20Cl2N2O2.ClH/c18-13-7-4-8-14(19)17(13)21-10-9-15(20)16(22)11-23-12-5-2-1-3-6-12;/h1-8,15-16,21-22H,9-11,20H2;1H. The normalized spacial score (nSPS) is 12.8. The molecule has 0 fully saturated rings. The lowest BCUT2D eigenvalue weighted by Crippen LogP contribution is -2.40. The molecule has 0 saturated heterocycles. The predicted octanol–water partition coefficient (Wildman–Crippen LogP) is 3.98. The second-order valence-corrected chi connectivity index (χ2v) is 5.98. The van der Waals surface area contributed by atoms with Crippen LogP contribution in [0.25, 0.3) is 0 Å². The van der Waals surface area contributed by atoms with E-state index in [0.717, 1.165) is 0 Å². The number of ether oxygens (including phenoxy) is 1. The number of aliphatic hydroxyl groups is 1. The smallest absolute Gasteiger partial charge is 0.119 e. The van der Waals surface area contributed by atoms with E-state index in [1.807, 2.05) is 30.3 Å². The molecule has 2 aromatic carbocycles. The zero-order valence-electron chi connectivity index (χ0n) is 13.0. The number of hydrogen-bond acceptors (Lipinski definition) is 4. The summed E-state index contributed by atoms with van der Waals surface area (Å²) in [6, 6.07) is 14.2. The van der Waals surface area contributed by atoms with Crippen LogP contribution in [0.1, 0.15) is 6.42 Å². The minimum Gasteiger partial charge on any atom is -0.491 e. The summed E-state index contributed by atoms with van der Waals surface area (Å²) >= 11 is 12.2. The lowest BCUT2D eigenvalue weighted by atomic mass is 10.1. The van der Waals surface area contributed by atoms with Crippen molar-refractivity contribution < 1.29 is 9.84 Å². The second kappa shape index (κ2) is 10.6. The van der Waals surface area contributed by atoms with Crippen molar-refractivity contribution in [2.24, 2.45) is 5.73 Å². The third kappa shape index (κ3) is 6.38. The molecule has 2 unspecified atom stereocenters. The summed E-state index contributed by atoms with van der Waals surface area (Å²) in [6.07, 6.45) is -0.195. The van der Waals surface area contributed by atoms with Crippen molar-refractivity contribution in [1.29, 1.82) is 0 Å². The average Bonchev–Trinajstić information content (AvgIpc) is 2.56. The van der Waals surface area contributed by atoms with E-state index >= 15 is 0 Å². The minimum absolute atomic E-state index is 0. The van der Waals surface area contributed by atoms with Gasteiger partial charge in [0.2, 0.25) is 0 Å². The molecule has 0 aromatic heterocycles. The molecule has 0 heterocycles. The van der Waals surface area contributed by atoms with Gasteiger partial charge >= 0.3 is 0 Å². The van der Waals surface area contributed by atoms with Gasteiger partial charge in [-0.25, -0.2) is 0 Å². The van der Waals surface area contributed by atoms with Gasteiger partial charge in [-0.2, -0.15) is 0 Å². The van der Waals surface area contributed by atoms with Gasteiger partial charge in [0.1, 0.15) is 18.5 Å². The fourth-order valence-electron chi connectivity index (χ4n) is 2.04. The molecule has 0 aliphatic heterocycles. The maximum atomic E-state index is 10.1. The second-order valence-electron chi connectivity index (χ2n) is 5.17. The Kier molecular flexibility index (Phi) is 9.26. The third-order valence-corrected chi connectivity index (χ3v) is 4.03. The average molecular weight is 392 g/mol. The number of halogens is 3. The van der Waals surface area contributed by atoms with Crippen LogP contribution in [0.4, 0.5) is 5.69 Å². The van der Waals surface area contributed by atoms with E-state index in [1.165, 1.54) is 0 Å². The molecule has 2 atom stereocenters. The predicted molar refractivity (Wildman–Crippen MR) is 103 cm³/mol. The summed E-state index contributed by atoms with van der Waals surface area (Å²) in [5.74, 6) is 0.708. The maximum absolute atomic E-state index is 10.1. The zero-order chi connectivity index (χ0) is 16.7. The Morgan fingerprint density at radius 1 is 1.04 bits per heavy atom. The number of para-hydroxylation sites is 2. The Morgan fingerprint density at radius 3 is 2.29 bits per heavy atom. The van der Waals surface area contributed by atoms with Crippen molar-refractivity contribution in [3.8, 4) is 5.75 Å². The molecule has 2 aromatic rings. The Bertz CT molecular complexity index is 594. The number of nitrogens with one attached hydrogen (secondary N) is 1. The van der Waals surface area contributed by atoms with E-state index < -0.39 is 12.1 Å². The first-order valence-corrected chi connectivity index (χ1v) is 8.13. The Labute approximate surface area is 158 Å². The van der Waals surface area contributed by atoms with Crippen molar-refractivity contribution in [3.63, 3.8) is 0 Å². The Balaban J connectivity index is 0.00000288. The van der Waals surface area contributed by atoms with Gasteiger partial charge in [-0.05, 0) is 30.7 Å². The number of anilines is 1. The fourth-order valence-corrected chi connectivity index (χ4v) is 2.58. The van der Waals surface area contributed by atoms with Crippen LogP contribution in [0.2, 0.25) is 10.0 Å². The fraction of sp³-hybridized carbons (Fsp3) is 0.294. The molecule has 4 N–H and O–H groups in total. The highest BCUT2D eigenvalue weighted by Gasteiger charge is 2.15. The highest BCUT2D eigenvalue weighted by Crippen LogP contribution is 2.29. The summed E-state index contributed by atoms with van der Waals surface area (Å²) in [5, 5.41) is 14.3. The van der Waals surface area contributed by atoms with Crippen molar-refractivity contribution in [2.75, 3.05) is 18.5 Å². The van der Waals surface area contributed by atoms with Crippen molar-refractivity contribution in [2.45, 2.75) is 18.6 Å². The molecule has 7 heteroatoms. The van der Waals surface area contributed by atoms with Crippen LogP contribution in [0.5, 0.6) is 5.75 Å². The summed E-state index contributed by atoms with van der Waals surface area (Å²) in [4.78, 5) is 0. The number of aliphatic hydroxyl groups excluding tert-OH is 1. The van der Waals surface area contributed by atoms with Crippen molar-refractivity contribution in [1.82, 2.24) is 0 Å². The third-order valence-electron chi connectivity index (χ3n) is 3.40.